The second-order valence-electron chi connectivity index (χ2n) is 9.37. The molecule has 178 valence electrons. The number of nitrogens with zero attached hydrogens (tertiary/aromatic N) is 2. The smallest absolute Gasteiger partial charge is 0.240 e. The number of rotatable bonds is 5. The number of fused-ring (bicyclic) bond motifs is 1. The van der Waals surface area contributed by atoms with Crippen LogP contribution >= 0.6 is 0 Å². The van der Waals surface area contributed by atoms with Gasteiger partial charge in [0.2, 0.25) is 5.91 Å². The molecule has 3 aromatic carbocycles. The first-order chi connectivity index (χ1) is 16.9. The number of amides is 1. The van der Waals surface area contributed by atoms with Crippen LogP contribution in [0.25, 0.3) is 11.3 Å². The molecule has 1 aliphatic rings. The van der Waals surface area contributed by atoms with Gasteiger partial charge in [-0.3, -0.25) is 4.79 Å². The quantitative estimate of drug-likeness (QED) is 0.401. The van der Waals surface area contributed by atoms with E-state index in [1.54, 1.807) is 12.1 Å². The Morgan fingerprint density at radius 3 is 2.46 bits per heavy atom. The fourth-order valence-corrected chi connectivity index (χ4v) is 5.08. The van der Waals surface area contributed by atoms with Crippen molar-refractivity contribution in [3.8, 4) is 17.0 Å². The molecule has 1 aliphatic heterocycles. The number of imidazole rings is 1. The highest BCUT2D eigenvalue weighted by atomic mass is 16.3. The number of nitrogens with one attached hydrogen (secondary N) is 1. The summed E-state index contributed by atoms with van der Waals surface area (Å²) in [6.45, 7) is 4.36. The van der Waals surface area contributed by atoms with E-state index in [1.165, 1.54) is 5.56 Å². The maximum Gasteiger partial charge on any atom is 0.240 e. The predicted octanol–water partition coefficient (Wildman–Crippen LogP) is 4.60. The molecular weight excluding hydrogens is 436 g/mol. The van der Waals surface area contributed by atoms with Gasteiger partial charge in [-0.25, -0.2) is 4.98 Å². The van der Waals surface area contributed by atoms with Crippen molar-refractivity contribution in [3.63, 3.8) is 0 Å². The highest BCUT2D eigenvalue weighted by Crippen LogP contribution is 2.34. The average molecular weight is 467 g/mol. The molecule has 4 aromatic rings. The molecule has 1 aromatic heterocycles. The van der Waals surface area contributed by atoms with Crippen LogP contribution in [0.5, 0.6) is 5.75 Å². The van der Waals surface area contributed by atoms with Gasteiger partial charge in [0.1, 0.15) is 11.6 Å². The van der Waals surface area contributed by atoms with Crippen LogP contribution in [-0.2, 0) is 24.2 Å². The van der Waals surface area contributed by atoms with Crippen molar-refractivity contribution >= 4 is 5.91 Å². The SMILES string of the molecule is Cc1cc(O)cc(C)c1C[C@H](N)C(=O)N1Cc2ccccc2C[C@H]1c1ncc(-c2ccccc2)[nH]1. The first-order valence-electron chi connectivity index (χ1n) is 11.9. The Balaban J connectivity index is 1.46. The normalized spacial score (nSPS) is 16.1. The summed E-state index contributed by atoms with van der Waals surface area (Å²) in [5.41, 5.74) is 13.7. The number of aromatic nitrogens is 2. The minimum Gasteiger partial charge on any atom is -0.508 e. The Hall–Kier alpha value is -3.90. The number of aromatic hydroxyl groups is 1. The summed E-state index contributed by atoms with van der Waals surface area (Å²) in [5, 5.41) is 9.89. The minimum atomic E-state index is -0.701. The predicted molar refractivity (Wildman–Crippen MR) is 137 cm³/mol. The number of nitrogens with two attached hydrogens (primary N) is 1. The van der Waals surface area contributed by atoms with Crippen molar-refractivity contribution < 1.29 is 9.90 Å². The van der Waals surface area contributed by atoms with Crippen LogP contribution in [0.1, 0.15) is 39.7 Å². The van der Waals surface area contributed by atoms with Crippen molar-refractivity contribution in [1.29, 1.82) is 0 Å². The Kier molecular flexibility index (Phi) is 6.14. The number of carbonyl (C=O) groups is 1. The van der Waals surface area contributed by atoms with Gasteiger partial charge in [-0.05, 0) is 65.8 Å². The number of H-pyrrole nitrogens is 1. The molecule has 5 rings (SSSR count). The third-order valence-corrected chi connectivity index (χ3v) is 6.95. The van der Waals surface area contributed by atoms with Crippen molar-refractivity contribution in [2.75, 3.05) is 0 Å². The molecule has 0 saturated carbocycles. The van der Waals surface area contributed by atoms with E-state index < -0.39 is 6.04 Å². The van der Waals surface area contributed by atoms with Gasteiger partial charge in [-0.1, -0.05) is 54.6 Å². The first kappa shape index (κ1) is 22.9. The zero-order valence-electron chi connectivity index (χ0n) is 20.0. The maximum absolute atomic E-state index is 13.8. The van der Waals surface area contributed by atoms with Crippen LogP contribution in [0.2, 0.25) is 0 Å². The fraction of sp³-hybridized carbons (Fsp3) is 0.241. The number of phenolic OH excluding ortho intramolecular Hbond substituents is 1. The van der Waals surface area contributed by atoms with E-state index in [2.05, 4.69) is 22.1 Å². The minimum absolute atomic E-state index is 0.103. The Morgan fingerprint density at radius 2 is 1.74 bits per heavy atom. The topological polar surface area (TPSA) is 95.2 Å². The molecule has 35 heavy (non-hydrogen) atoms. The lowest BCUT2D eigenvalue weighted by molar-refractivity contribution is -0.136. The molecule has 2 atom stereocenters. The largest absolute Gasteiger partial charge is 0.508 e. The van der Waals surface area contributed by atoms with Gasteiger partial charge in [-0.2, -0.15) is 0 Å². The highest BCUT2D eigenvalue weighted by molar-refractivity contribution is 5.83. The van der Waals surface area contributed by atoms with Crippen LogP contribution in [0.3, 0.4) is 0 Å². The van der Waals surface area contributed by atoms with Crippen LogP contribution < -0.4 is 5.73 Å². The summed E-state index contributed by atoms with van der Waals surface area (Å²) in [5.74, 6) is 0.883. The molecule has 0 fully saturated rings. The number of aromatic amines is 1. The fourth-order valence-electron chi connectivity index (χ4n) is 5.08. The standard InChI is InChI=1S/C29H30N4O2/c1-18-12-23(34)13-19(2)24(18)15-25(30)29(35)33-17-22-11-7-6-10-21(22)14-27(33)28-31-16-26(32-28)20-8-4-3-5-9-20/h3-13,16,25,27,34H,14-15,17,30H2,1-2H3,(H,31,32)/t25-,27-/m0/s1. The molecular formula is C29H30N4O2. The molecule has 6 nitrogen and oxygen atoms in total. The molecule has 0 saturated heterocycles. The van der Waals surface area contributed by atoms with Crippen LogP contribution in [0, 0.1) is 13.8 Å². The molecule has 0 spiro atoms. The van der Waals surface area contributed by atoms with Gasteiger partial charge in [0.25, 0.3) is 0 Å². The van der Waals surface area contributed by atoms with Crippen LogP contribution in [0.15, 0.2) is 72.9 Å². The number of hydrogen-bond acceptors (Lipinski definition) is 4. The monoisotopic (exact) mass is 466 g/mol. The van der Waals surface area contributed by atoms with E-state index in [1.807, 2.05) is 67.4 Å². The van der Waals surface area contributed by atoms with E-state index in [9.17, 15) is 9.90 Å². The lowest BCUT2D eigenvalue weighted by atomic mass is 9.91. The lowest BCUT2D eigenvalue weighted by Gasteiger charge is -2.37. The molecule has 1 amide bonds. The number of carbonyl (C=O) groups excluding carboxylic acids is 1. The van der Waals surface area contributed by atoms with Crippen LogP contribution in [0.4, 0.5) is 0 Å². The zero-order chi connectivity index (χ0) is 24.5. The highest BCUT2D eigenvalue weighted by Gasteiger charge is 2.35. The Bertz CT molecular complexity index is 1340. The molecule has 6 heteroatoms. The van der Waals surface area contributed by atoms with Crippen molar-refractivity contribution in [1.82, 2.24) is 14.9 Å². The summed E-state index contributed by atoms with van der Waals surface area (Å²) in [7, 11) is 0. The molecule has 0 radical (unpaired) electrons. The molecule has 0 unspecified atom stereocenters. The lowest BCUT2D eigenvalue weighted by Crippen LogP contribution is -2.48. The summed E-state index contributed by atoms with van der Waals surface area (Å²) >= 11 is 0. The molecule has 4 N–H and O–H groups in total. The van der Waals surface area contributed by atoms with Crippen LogP contribution in [-0.4, -0.2) is 31.9 Å². The maximum atomic E-state index is 13.8. The average Bonchev–Trinajstić information content (AvgIpc) is 3.35. The molecule has 0 aliphatic carbocycles. The van der Waals surface area contributed by atoms with E-state index in [0.29, 0.717) is 19.4 Å². The summed E-state index contributed by atoms with van der Waals surface area (Å²) in [6, 6.07) is 20.8. The second-order valence-corrected chi connectivity index (χ2v) is 9.37. The van der Waals surface area contributed by atoms with E-state index in [4.69, 9.17) is 5.73 Å². The van der Waals surface area contributed by atoms with E-state index >= 15 is 0 Å². The van der Waals surface area contributed by atoms with Gasteiger partial charge in [0, 0.05) is 13.0 Å². The third kappa shape index (κ3) is 4.57. The summed E-state index contributed by atoms with van der Waals surface area (Å²) in [6.07, 6.45) is 2.92. The van der Waals surface area contributed by atoms with Gasteiger partial charge in [-0.15, -0.1) is 0 Å². The number of benzene rings is 3. The summed E-state index contributed by atoms with van der Waals surface area (Å²) < 4.78 is 0. The molecule has 0 bridgehead atoms. The van der Waals surface area contributed by atoms with Gasteiger partial charge >= 0.3 is 0 Å². The van der Waals surface area contributed by atoms with Crippen molar-refractivity contribution in [2.24, 2.45) is 5.73 Å². The Morgan fingerprint density at radius 1 is 1.09 bits per heavy atom. The molecule has 2 heterocycles. The van der Waals surface area contributed by atoms with Crippen molar-refractivity contribution in [3.05, 3.63) is 107 Å². The van der Waals surface area contributed by atoms with E-state index in [0.717, 1.165) is 39.3 Å². The third-order valence-electron chi connectivity index (χ3n) is 6.95. The number of phenols is 1. The number of aryl methyl sites for hydroxylation is 2. The van der Waals surface area contributed by atoms with E-state index in [-0.39, 0.29) is 17.7 Å². The number of hydrogen-bond donors (Lipinski definition) is 3. The van der Waals surface area contributed by atoms with Gasteiger partial charge < -0.3 is 20.7 Å². The van der Waals surface area contributed by atoms with Gasteiger partial charge in [0.15, 0.2) is 0 Å². The zero-order valence-corrected chi connectivity index (χ0v) is 20.0. The second kappa shape index (κ2) is 9.39. The van der Waals surface area contributed by atoms with Gasteiger partial charge in [0.05, 0.1) is 24.0 Å². The van der Waals surface area contributed by atoms with Crippen molar-refractivity contribution in [2.45, 2.75) is 45.3 Å². The summed E-state index contributed by atoms with van der Waals surface area (Å²) in [4.78, 5) is 23.8. The first-order valence-corrected chi connectivity index (χ1v) is 11.9. The Labute approximate surface area is 205 Å².